The molecule has 7 heteroatoms. The van der Waals surface area contributed by atoms with E-state index in [0.29, 0.717) is 12.1 Å². The second-order valence-electron chi connectivity index (χ2n) is 6.44. The molecule has 4 rings (SSSR count). The van der Waals surface area contributed by atoms with E-state index in [1.54, 1.807) is 25.4 Å². The maximum absolute atomic E-state index is 14.6. The minimum Gasteiger partial charge on any atom is -0.497 e. The van der Waals surface area contributed by atoms with Crippen molar-refractivity contribution in [2.75, 3.05) is 13.4 Å². The average Bonchev–Trinajstić information content (AvgIpc) is 2.96. The molecule has 27 heavy (non-hydrogen) atoms. The van der Waals surface area contributed by atoms with Crippen LogP contribution >= 0.6 is 0 Å². The Kier molecular flexibility index (Phi) is 4.11. The molecular weight excluding hydrogens is 365 g/mol. The molecule has 2 aromatic carbocycles. The van der Waals surface area contributed by atoms with Gasteiger partial charge in [0, 0.05) is 28.3 Å². The van der Waals surface area contributed by atoms with Gasteiger partial charge in [-0.3, -0.25) is 4.98 Å². The maximum Gasteiger partial charge on any atom is 0.129 e. The number of nitrogens with one attached hydrogen (secondary N) is 1. The van der Waals surface area contributed by atoms with E-state index in [1.807, 2.05) is 34.9 Å². The van der Waals surface area contributed by atoms with E-state index in [9.17, 15) is 8.60 Å². The highest BCUT2D eigenvalue weighted by Gasteiger charge is 2.15. The first-order valence-corrected chi connectivity index (χ1v) is 10.3. The van der Waals surface area contributed by atoms with Gasteiger partial charge in [-0.05, 0) is 42.5 Å². The highest BCUT2D eigenvalue weighted by molar-refractivity contribution is 7.91. The van der Waals surface area contributed by atoms with Crippen molar-refractivity contribution in [3.8, 4) is 5.75 Å². The van der Waals surface area contributed by atoms with Crippen LogP contribution in [0.1, 0.15) is 5.56 Å². The number of pyridine rings is 1. The standard InChI is InChI=1S/C20H18FN3O2S/c1-26-14-6-8-18-16(10-14)20-19(4-3-9-23-20)24(18)12-13-5-7-15(11-17(13)21)27(2,22)25/h3-11,22H,12H2,1-2H3. The van der Waals surface area contributed by atoms with Crippen LogP contribution in [0.5, 0.6) is 5.75 Å². The van der Waals surface area contributed by atoms with Gasteiger partial charge in [0.25, 0.3) is 0 Å². The molecular formula is C20H18FN3O2S. The summed E-state index contributed by atoms with van der Waals surface area (Å²) in [5.74, 6) is 0.262. The van der Waals surface area contributed by atoms with Crippen molar-refractivity contribution >= 4 is 31.7 Å². The van der Waals surface area contributed by atoms with Gasteiger partial charge in [-0.15, -0.1) is 0 Å². The first-order chi connectivity index (χ1) is 12.9. The second-order valence-corrected chi connectivity index (χ2v) is 8.60. The molecule has 0 saturated heterocycles. The van der Waals surface area contributed by atoms with Gasteiger partial charge in [0.15, 0.2) is 0 Å². The minimum atomic E-state index is -2.95. The molecule has 4 aromatic rings. The Morgan fingerprint density at radius 1 is 1.19 bits per heavy atom. The number of fused-ring (bicyclic) bond motifs is 3. The molecule has 0 bridgehead atoms. The minimum absolute atomic E-state index is 0.192. The molecule has 138 valence electrons. The van der Waals surface area contributed by atoms with Gasteiger partial charge in [0.2, 0.25) is 0 Å². The number of nitrogens with zero attached hydrogens (tertiary/aromatic N) is 2. The molecule has 2 aromatic heterocycles. The maximum atomic E-state index is 14.6. The Bertz CT molecular complexity index is 1280. The molecule has 0 aliphatic rings. The summed E-state index contributed by atoms with van der Waals surface area (Å²) >= 11 is 0. The van der Waals surface area contributed by atoms with Gasteiger partial charge in [0.1, 0.15) is 11.6 Å². The number of rotatable bonds is 4. The number of ether oxygens (including phenoxy) is 1. The predicted molar refractivity (Wildman–Crippen MR) is 104 cm³/mol. The van der Waals surface area contributed by atoms with E-state index >= 15 is 0 Å². The Morgan fingerprint density at radius 2 is 2.00 bits per heavy atom. The van der Waals surface area contributed by atoms with Crippen molar-refractivity contribution in [2.24, 2.45) is 0 Å². The lowest BCUT2D eigenvalue weighted by Gasteiger charge is -2.10. The SMILES string of the molecule is COc1ccc2c(c1)c1ncccc1n2Cc1ccc(S(C)(=N)=O)cc1F. The zero-order chi connectivity index (χ0) is 19.2. The number of hydrogen-bond donors (Lipinski definition) is 1. The first kappa shape index (κ1) is 17.5. The van der Waals surface area contributed by atoms with Crippen LogP contribution in [0.15, 0.2) is 59.6 Å². The van der Waals surface area contributed by atoms with Crippen molar-refractivity contribution in [1.29, 1.82) is 4.78 Å². The Labute approximate surface area is 156 Å². The van der Waals surface area contributed by atoms with Gasteiger partial charge in [-0.1, -0.05) is 6.07 Å². The van der Waals surface area contributed by atoms with Crippen LogP contribution in [0.4, 0.5) is 4.39 Å². The van der Waals surface area contributed by atoms with Gasteiger partial charge in [0.05, 0.1) is 39.9 Å². The summed E-state index contributed by atoms with van der Waals surface area (Å²) in [6.45, 7) is 0.299. The lowest BCUT2D eigenvalue weighted by Crippen LogP contribution is -2.04. The highest BCUT2D eigenvalue weighted by Crippen LogP contribution is 2.31. The van der Waals surface area contributed by atoms with Crippen LogP contribution in [0.2, 0.25) is 0 Å². The van der Waals surface area contributed by atoms with Gasteiger partial charge in [-0.2, -0.15) is 0 Å². The molecule has 0 aliphatic carbocycles. The Morgan fingerprint density at radius 3 is 2.70 bits per heavy atom. The summed E-state index contributed by atoms with van der Waals surface area (Å²) in [6, 6.07) is 13.9. The number of benzene rings is 2. The van der Waals surface area contributed by atoms with Crippen LogP contribution < -0.4 is 4.74 Å². The first-order valence-electron chi connectivity index (χ1n) is 8.31. The summed E-state index contributed by atoms with van der Waals surface area (Å²) in [7, 11) is -1.34. The Balaban J connectivity index is 1.89. The van der Waals surface area contributed by atoms with E-state index in [1.165, 1.54) is 12.3 Å². The molecule has 2 heterocycles. The molecule has 0 radical (unpaired) electrons. The molecule has 5 nitrogen and oxygen atoms in total. The predicted octanol–water partition coefficient (Wildman–Crippen LogP) is 4.42. The summed E-state index contributed by atoms with van der Waals surface area (Å²) in [4.78, 5) is 4.67. The topological polar surface area (TPSA) is 68.0 Å². The van der Waals surface area contributed by atoms with Crippen LogP contribution in [-0.2, 0) is 16.3 Å². The van der Waals surface area contributed by atoms with Crippen molar-refractivity contribution in [3.05, 3.63) is 66.1 Å². The molecule has 0 spiro atoms. The van der Waals surface area contributed by atoms with Crippen LogP contribution in [-0.4, -0.2) is 27.1 Å². The zero-order valence-corrected chi connectivity index (χ0v) is 15.7. The second kappa shape index (κ2) is 6.35. The monoisotopic (exact) mass is 383 g/mol. The fourth-order valence-electron chi connectivity index (χ4n) is 3.26. The lowest BCUT2D eigenvalue weighted by atomic mass is 10.2. The summed E-state index contributed by atoms with van der Waals surface area (Å²) < 4.78 is 41.4. The largest absolute Gasteiger partial charge is 0.497 e. The molecule has 1 unspecified atom stereocenters. The normalized spacial score (nSPS) is 13.7. The van der Waals surface area contributed by atoms with Crippen molar-refractivity contribution in [1.82, 2.24) is 9.55 Å². The molecule has 0 aliphatic heterocycles. The van der Waals surface area contributed by atoms with Crippen LogP contribution in [0.3, 0.4) is 0 Å². The quantitative estimate of drug-likeness (QED) is 0.567. The molecule has 1 N–H and O–H groups in total. The van der Waals surface area contributed by atoms with Gasteiger partial charge < -0.3 is 9.30 Å². The summed E-state index contributed by atoms with van der Waals surface area (Å²) in [6.07, 6.45) is 3.01. The molecule has 0 fully saturated rings. The van der Waals surface area contributed by atoms with Gasteiger partial charge >= 0.3 is 0 Å². The van der Waals surface area contributed by atoms with E-state index in [-0.39, 0.29) is 4.90 Å². The third-order valence-electron chi connectivity index (χ3n) is 4.63. The van der Waals surface area contributed by atoms with Crippen molar-refractivity contribution in [3.63, 3.8) is 0 Å². The summed E-state index contributed by atoms with van der Waals surface area (Å²) in [5.41, 5.74) is 3.10. The number of methoxy groups -OCH3 is 1. The van der Waals surface area contributed by atoms with Crippen molar-refractivity contribution in [2.45, 2.75) is 11.4 Å². The number of hydrogen-bond acceptors (Lipinski definition) is 4. The van der Waals surface area contributed by atoms with E-state index in [0.717, 1.165) is 27.7 Å². The lowest BCUT2D eigenvalue weighted by molar-refractivity contribution is 0.415. The molecule has 0 amide bonds. The van der Waals surface area contributed by atoms with Crippen molar-refractivity contribution < 1.29 is 13.3 Å². The average molecular weight is 383 g/mol. The van der Waals surface area contributed by atoms with Crippen LogP contribution in [0.25, 0.3) is 21.9 Å². The zero-order valence-electron chi connectivity index (χ0n) is 14.9. The molecule has 0 saturated carbocycles. The van der Waals surface area contributed by atoms with E-state index in [2.05, 4.69) is 4.98 Å². The van der Waals surface area contributed by atoms with E-state index < -0.39 is 15.5 Å². The van der Waals surface area contributed by atoms with E-state index in [4.69, 9.17) is 9.52 Å². The fraction of sp³-hybridized carbons (Fsp3) is 0.150. The van der Waals surface area contributed by atoms with Gasteiger partial charge in [-0.25, -0.2) is 13.4 Å². The smallest absolute Gasteiger partial charge is 0.129 e. The molecule has 1 atom stereocenters. The number of aromatic nitrogens is 2. The number of halogens is 1. The third kappa shape index (κ3) is 3.04. The van der Waals surface area contributed by atoms with Crippen LogP contribution in [0, 0.1) is 10.6 Å². The highest BCUT2D eigenvalue weighted by atomic mass is 32.2. The third-order valence-corrected chi connectivity index (χ3v) is 5.78. The summed E-state index contributed by atoms with van der Waals surface area (Å²) in [5, 5.41) is 0.935. The fourth-order valence-corrected chi connectivity index (χ4v) is 3.91. The Hall–Kier alpha value is -2.93.